The highest BCUT2D eigenvalue weighted by molar-refractivity contribution is 7.85. The third-order valence-electron chi connectivity index (χ3n) is 4.78. The number of nitrogens with zero attached hydrogens (tertiary/aromatic N) is 2. The minimum absolute atomic E-state index is 0.0666. The highest BCUT2D eigenvalue weighted by Crippen LogP contribution is 2.20. The number of aromatic nitrogens is 1. The lowest BCUT2D eigenvalue weighted by Crippen LogP contribution is -2.51. The molecule has 1 fully saturated rings. The predicted octanol–water partition coefficient (Wildman–Crippen LogP) is 4.11. The second kappa shape index (κ2) is 11.2. The van der Waals surface area contributed by atoms with Crippen LogP contribution in [0.4, 0.5) is 4.39 Å². The van der Waals surface area contributed by atoms with Crippen LogP contribution in [0.1, 0.15) is 38.2 Å². The number of halogens is 1. The van der Waals surface area contributed by atoms with E-state index in [1.165, 1.54) is 63.2 Å². The molecular weight excluding hydrogens is 395 g/mol. The van der Waals surface area contributed by atoms with Crippen molar-refractivity contribution < 1.29 is 22.1 Å². The zero-order valence-corrected chi connectivity index (χ0v) is 17.7. The van der Waals surface area contributed by atoms with Crippen LogP contribution in [-0.2, 0) is 10.1 Å². The maximum atomic E-state index is 12.6. The molecular formula is C21H29FN2O4S. The van der Waals surface area contributed by atoms with Crippen molar-refractivity contribution in [2.24, 2.45) is 0 Å². The fourth-order valence-corrected chi connectivity index (χ4v) is 3.37. The van der Waals surface area contributed by atoms with Crippen LogP contribution in [0, 0.1) is 12.9 Å². The van der Waals surface area contributed by atoms with Crippen LogP contribution < -0.4 is 4.74 Å². The average molecular weight is 425 g/mol. The number of ether oxygens (including phenoxy) is 1. The fourth-order valence-electron chi connectivity index (χ4n) is 2.89. The predicted molar refractivity (Wildman–Crippen MR) is 110 cm³/mol. The van der Waals surface area contributed by atoms with Crippen LogP contribution in [0.2, 0.25) is 0 Å². The quantitative estimate of drug-likeness (QED) is 0.390. The Morgan fingerprint density at radius 1 is 1.21 bits per heavy atom. The molecule has 1 atom stereocenters. The van der Waals surface area contributed by atoms with Crippen molar-refractivity contribution in [1.29, 1.82) is 0 Å². The van der Waals surface area contributed by atoms with Gasteiger partial charge in [-0.3, -0.25) is 9.45 Å². The third kappa shape index (κ3) is 8.08. The van der Waals surface area contributed by atoms with E-state index in [1.54, 1.807) is 18.2 Å². The van der Waals surface area contributed by atoms with Gasteiger partial charge in [-0.1, -0.05) is 37.5 Å². The molecule has 8 heteroatoms. The minimum atomic E-state index is -4.02. The number of likely N-dealkylation sites (tertiary alicyclic amines) is 1. The number of aryl methyl sites for hydroxylation is 1. The van der Waals surface area contributed by atoms with E-state index in [-0.39, 0.29) is 4.90 Å². The number of rotatable bonds is 8. The molecule has 0 saturated carbocycles. The summed E-state index contributed by atoms with van der Waals surface area (Å²) in [4.78, 5) is 5.97. The van der Waals surface area contributed by atoms with Gasteiger partial charge in [0.25, 0.3) is 10.1 Å². The Hall–Kier alpha value is -2.03. The summed E-state index contributed by atoms with van der Waals surface area (Å²) in [5, 5.41) is 0. The summed E-state index contributed by atoms with van der Waals surface area (Å²) in [5.41, 5.74) is 0.956. The highest BCUT2D eigenvalue weighted by Gasteiger charge is 2.27. The van der Waals surface area contributed by atoms with Crippen LogP contribution in [0.5, 0.6) is 5.75 Å². The van der Waals surface area contributed by atoms with Gasteiger partial charge < -0.3 is 4.74 Å². The van der Waals surface area contributed by atoms with E-state index in [4.69, 9.17) is 9.29 Å². The molecule has 1 aromatic heterocycles. The largest absolute Gasteiger partial charge is 0.490 e. The van der Waals surface area contributed by atoms with Gasteiger partial charge in [-0.15, -0.1) is 0 Å². The Labute approximate surface area is 172 Å². The van der Waals surface area contributed by atoms with Gasteiger partial charge in [-0.2, -0.15) is 12.8 Å². The summed E-state index contributed by atoms with van der Waals surface area (Å²) >= 11 is 0. The zero-order chi connectivity index (χ0) is 21.3. The lowest BCUT2D eigenvalue weighted by molar-refractivity contribution is 0.0492. The number of hydrogen-bond donors (Lipinski definition) is 1. The first kappa shape index (κ1) is 23.3. The van der Waals surface area contributed by atoms with Crippen molar-refractivity contribution in [2.45, 2.75) is 50.5 Å². The summed E-state index contributed by atoms with van der Waals surface area (Å²) in [7, 11) is -4.02. The molecule has 6 nitrogen and oxygen atoms in total. The SMILES string of the molecule is CCCCCN1CC[C@@H]1COc1ccc(F)nc1.Cc1ccc(S(=O)(=O)O)cc1. The topological polar surface area (TPSA) is 79.7 Å². The standard InChI is InChI=1S/C14H21FN2O.C7H8O3S/c1-2-3-4-8-17-9-7-12(17)11-18-13-5-6-14(15)16-10-13;1-6-2-4-7(5-3-6)11(8,9)10/h5-6,10,12H,2-4,7-9,11H2,1H3;2-5H,1H3,(H,8,9,10)/t12-;/m1./s1. The Bertz CT molecular complexity index is 842. The van der Waals surface area contributed by atoms with Crippen molar-refractivity contribution in [1.82, 2.24) is 9.88 Å². The third-order valence-corrected chi connectivity index (χ3v) is 5.64. The summed E-state index contributed by atoms with van der Waals surface area (Å²) < 4.78 is 47.8. The monoisotopic (exact) mass is 424 g/mol. The van der Waals surface area contributed by atoms with Crippen LogP contribution in [0.25, 0.3) is 0 Å². The number of pyridine rings is 1. The molecule has 0 spiro atoms. The van der Waals surface area contributed by atoms with E-state index in [0.29, 0.717) is 18.4 Å². The molecule has 1 saturated heterocycles. The molecule has 2 heterocycles. The van der Waals surface area contributed by atoms with Gasteiger partial charge in [0.2, 0.25) is 5.95 Å². The molecule has 0 unspecified atom stereocenters. The molecule has 2 aromatic rings. The first-order valence-corrected chi connectivity index (χ1v) is 11.3. The lowest BCUT2D eigenvalue weighted by atomic mass is 10.0. The minimum Gasteiger partial charge on any atom is -0.490 e. The molecule has 3 rings (SSSR count). The van der Waals surface area contributed by atoms with E-state index in [9.17, 15) is 12.8 Å². The Balaban J connectivity index is 0.000000234. The molecule has 0 bridgehead atoms. The molecule has 160 valence electrons. The van der Waals surface area contributed by atoms with Crippen LogP contribution >= 0.6 is 0 Å². The van der Waals surface area contributed by atoms with Gasteiger partial charge >= 0.3 is 0 Å². The van der Waals surface area contributed by atoms with Gasteiger partial charge in [-0.05, 0) is 50.6 Å². The van der Waals surface area contributed by atoms with Crippen LogP contribution in [0.15, 0.2) is 47.5 Å². The van der Waals surface area contributed by atoms with Crippen LogP contribution in [0.3, 0.4) is 0 Å². The summed E-state index contributed by atoms with van der Waals surface area (Å²) in [6, 6.07) is 9.46. The molecule has 1 aliphatic rings. The molecule has 0 amide bonds. The zero-order valence-electron chi connectivity index (χ0n) is 16.9. The van der Waals surface area contributed by atoms with Gasteiger partial charge in [0, 0.05) is 12.6 Å². The number of hydrogen-bond acceptors (Lipinski definition) is 5. The Morgan fingerprint density at radius 2 is 1.93 bits per heavy atom. The first-order valence-electron chi connectivity index (χ1n) is 9.82. The van der Waals surface area contributed by atoms with Gasteiger partial charge in [0.05, 0.1) is 11.1 Å². The molecule has 29 heavy (non-hydrogen) atoms. The smallest absolute Gasteiger partial charge is 0.294 e. The van der Waals surface area contributed by atoms with E-state index >= 15 is 0 Å². The Morgan fingerprint density at radius 3 is 2.45 bits per heavy atom. The number of benzene rings is 1. The summed E-state index contributed by atoms with van der Waals surface area (Å²) in [6.07, 6.45) is 6.46. The molecule has 1 N–H and O–H groups in total. The maximum Gasteiger partial charge on any atom is 0.294 e. The van der Waals surface area contributed by atoms with E-state index < -0.39 is 16.1 Å². The summed E-state index contributed by atoms with van der Waals surface area (Å²) in [5.74, 6) is 0.184. The van der Waals surface area contributed by atoms with Crippen molar-refractivity contribution in [3.63, 3.8) is 0 Å². The van der Waals surface area contributed by atoms with Gasteiger partial charge in [0.1, 0.15) is 12.4 Å². The van der Waals surface area contributed by atoms with Crippen molar-refractivity contribution >= 4 is 10.1 Å². The summed E-state index contributed by atoms with van der Waals surface area (Å²) in [6.45, 7) is 7.09. The normalized spacial score (nSPS) is 16.5. The van der Waals surface area contributed by atoms with Crippen molar-refractivity contribution in [3.8, 4) is 5.75 Å². The number of unbranched alkanes of at least 4 members (excludes halogenated alkanes) is 2. The van der Waals surface area contributed by atoms with Crippen LogP contribution in [-0.4, -0.2) is 48.6 Å². The van der Waals surface area contributed by atoms with E-state index in [1.807, 2.05) is 6.92 Å². The van der Waals surface area contributed by atoms with Gasteiger partial charge in [0.15, 0.2) is 0 Å². The molecule has 0 radical (unpaired) electrons. The molecule has 0 aliphatic carbocycles. The first-order chi connectivity index (χ1) is 13.8. The molecule has 1 aromatic carbocycles. The fraction of sp³-hybridized carbons (Fsp3) is 0.476. The second-order valence-electron chi connectivity index (χ2n) is 7.10. The van der Waals surface area contributed by atoms with E-state index in [0.717, 1.165) is 5.56 Å². The van der Waals surface area contributed by atoms with E-state index in [2.05, 4.69) is 16.8 Å². The van der Waals surface area contributed by atoms with Crippen molar-refractivity contribution in [3.05, 3.63) is 54.1 Å². The second-order valence-corrected chi connectivity index (χ2v) is 8.52. The van der Waals surface area contributed by atoms with Gasteiger partial charge in [-0.25, -0.2) is 4.98 Å². The Kier molecular flexibility index (Phi) is 9.00. The molecule has 1 aliphatic heterocycles. The van der Waals surface area contributed by atoms with Crippen molar-refractivity contribution in [2.75, 3.05) is 19.7 Å². The lowest BCUT2D eigenvalue weighted by Gasteiger charge is -2.40. The average Bonchev–Trinajstić information content (AvgIpc) is 2.66. The highest BCUT2D eigenvalue weighted by atomic mass is 32.2. The maximum absolute atomic E-state index is 12.6.